The van der Waals surface area contributed by atoms with Crippen LogP contribution in [-0.4, -0.2) is 94.7 Å². The van der Waals surface area contributed by atoms with E-state index in [0.29, 0.717) is 41.5 Å². The lowest BCUT2D eigenvalue weighted by molar-refractivity contribution is -0.124. The first-order valence-corrected chi connectivity index (χ1v) is 17.5. The maximum absolute atomic E-state index is 16.8. The van der Waals surface area contributed by atoms with E-state index < -0.39 is 5.82 Å². The number of fused-ring (bicyclic) bond motifs is 3. The Labute approximate surface area is 284 Å². The van der Waals surface area contributed by atoms with E-state index in [4.69, 9.17) is 26.3 Å². The van der Waals surface area contributed by atoms with Crippen molar-refractivity contribution >= 4 is 45.0 Å². The Morgan fingerprint density at radius 3 is 2.73 bits per heavy atom. The average molecular weight is 668 g/mol. The predicted octanol–water partition coefficient (Wildman–Crippen LogP) is 5.44. The van der Waals surface area contributed by atoms with Gasteiger partial charge in [0.1, 0.15) is 23.6 Å². The monoisotopic (exact) mass is 667 g/mol. The number of amides is 1. The third-order valence-electron chi connectivity index (χ3n) is 10.8. The number of hydrogen-bond acceptors (Lipinski definition) is 8. The molecule has 4 aliphatic rings. The Hall–Kier alpha value is -4.04. The van der Waals surface area contributed by atoms with Gasteiger partial charge in [-0.2, -0.15) is 9.97 Å². The minimum atomic E-state index is -0.553. The number of anilines is 1. The molecule has 4 aliphatic heterocycles. The minimum Gasteiger partial charge on any atom is -0.461 e. The first kappa shape index (κ1) is 31.2. The van der Waals surface area contributed by atoms with E-state index in [0.717, 1.165) is 75.4 Å². The molecule has 0 saturated carbocycles. The van der Waals surface area contributed by atoms with Gasteiger partial charge in [0, 0.05) is 48.3 Å². The van der Waals surface area contributed by atoms with E-state index in [-0.39, 0.29) is 40.8 Å². The van der Waals surface area contributed by atoms with Crippen LogP contribution < -0.4 is 15.0 Å². The van der Waals surface area contributed by atoms with Gasteiger partial charge in [-0.3, -0.25) is 14.7 Å². The van der Waals surface area contributed by atoms with Crippen LogP contribution in [0.1, 0.15) is 44.9 Å². The molecule has 48 heavy (non-hydrogen) atoms. The Morgan fingerprint density at radius 2 is 1.94 bits per heavy atom. The zero-order valence-electron chi connectivity index (χ0n) is 27.1. The third-order valence-corrected chi connectivity index (χ3v) is 11.1. The Bertz CT molecular complexity index is 1940. The van der Waals surface area contributed by atoms with E-state index in [1.165, 1.54) is 0 Å². The highest BCUT2D eigenvalue weighted by atomic mass is 35.5. The number of aromatic nitrogens is 3. The van der Waals surface area contributed by atoms with Crippen LogP contribution in [0.15, 0.2) is 42.6 Å². The number of halogens is 2. The molecule has 0 radical (unpaired) electrons. The molecule has 2 atom stereocenters. The van der Waals surface area contributed by atoms with Crippen molar-refractivity contribution in [1.29, 1.82) is 0 Å². The lowest BCUT2D eigenvalue weighted by atomic mass is 9.95. The lowest BCUT2D eigenvalue weighted by Crippen LogP contribution is -2.43. The summed E-state index contributed by atoms with van der Waals surface area (Å²) in [5.74, 6) is 5.75. The van der Waals surface area contributed by atoms with Gasteiger partial charge in [-0.25, -0.2) is 4.39 Å². The zero-order chi connectivity index (χ0) is 32.8. The molecular weight excluding hydrogens is 629 g/mol. The number of nitrogens with one attached hydrogen (secondary N) is 1. The van der Waals surface area contributed by atoms with Crippen LogP contribution in [0.4, 0.5) is 10.2 Å². The van der Waals surface area contributed by atoms with Crippen molar-refractivity contribution in [2.24, 2.45) is 0 Å². The molecule has 2 aromatic heterocycles. The molecule has 1 N–H and O–H groups in total. The number of nitrogens with zero attached hydrogens (tertiary/aromatic N) is 6. The van der Waals surface area contributed by atoms with E-state index in [1.807, 2.05) is 42.3 Å². The van der Waals surface area contributed by atoms with E-state index in [2.05, 4.69) is 27.0 Å². The van der Waals surface area contributed by atoms with Gasteiger partial charge in [0.15, 0.2) is 5.82 Å². The highest BCUT2D eigenvalue weighted by Gasteiger charge is 2.45. The Kier molecular flexibility index (Phi) is 8.31. The normalized spacial score (nSPS) is 21.9. The summed E-state index contributed by atoms with van der Waals surface area (Å²) in [6.07, 6.45) is 8.85. The van der Waals surface area contributed by atoms with Crippen molar-refractivity contribution in [3.05, 3.63) is 53.4 Å². The molecule has 9 nitrogen and oxygen atoms in total. The average Bonchev–Trinajstić information content (AvgIpc) is 3.92. The van der Waals surface area contributed by atoms with E-state index in [9.17, 15) is 4.79 Å². The molecule has 4 aromatic rings. The number of rotatable bonds is 6. The van der Waals surface area contributed by atoms with Crippen LogP contribution in [0.3, 0.4) is 0 Å². The molecule has 0 spiro atoms. The quantitative estimate of drug-likeness (QED) is 0.272. The fourth-order valence-corrected chi connectivity index (χ4v) is 8.43. The second-order valence-corrected chi connectivity index (χ2v) is 14.0. The maximum atomic E-state index is 16.8. The van der Waals surface area contributed by atoms with Crippen molar-refractivity contribution in [3.8, 4) is 29.1 Å². The summed E-state index contributed by atoms with van der Waals surface area (Å²) in [4.78, 5) is 33.6. The standard InChI is InChI=1S/C37H39ClFN7O2/c1-44(26-14-20-45(22-26)30(47)13-12-25-9-4-17-40-25)35-28-21-41-33(27-10-2-7-24-8-3-11-29(38)31(24)27)32(39)34(28)42-36(43-35)48-23-37-15-5-18-46(37)19-6-16-37/h2-3,7-8,10-11,21,25-26,40H,4-6,9,14-20,22-23H2,1H3. The number of pyridine rings is 1. The zero-order valence-corrected chi connectivity index (χ0v) is 27.9. The molecule has 2 aromatic carbocycles. The Morgan fingerprint density at radius 1 is 1.12 bits per heavy atom. The minimum absolute atomic E-state index is 0.0204. The van der Waals surface area contributed by atoms with Crippen LogP contribution in [0, 0.1) is 17.7 Å². The summed E-state index contributed by atoms with van der Waals surface area (Å²) in [5, 5.41) is 5.96. The van der Waals surface area contributed by atoms with Gasteiger partial charge >= 0.3 is 6.01 Å². The van der Waals surface area contributed by atoms with Gasteiger partial charge in [-0.15, -0.1) is 0 Å². The number of carbonyl (C=O) groups excluding carboxylic acids is 1. The predicted molar refractivity (Wildman–Crippen MR) is 186 cm³/mol. The van der Waals surface area contributed by atoms with Crippen LogP contribution in [0.2, 0.25) is 5.02 Å². The van der Waals surface area contributed by atoms with Gasteiger partial charge in [0.25, 0.3) is 5.91 Å². The molecule has 6 heterocycles. The fourth-order valence-electron chi connectivity index (χ4n) is 8.15. The number of likely N-dealkylation sites (tertiary alicyclic amines) is 1. The molecule has 0 bridgehead atoms. The molecule has 1 amide bonds. The van der Waals surface area contributed by atoms with Crippen molar-refractivity contribution < 1.29 is 13.9 Å². The largest absolute Gasteiger partial charge is 0.461 e. The molecule has 0 aliphatic carbocycles. The summed E-state index contributed by atoms with van der Waals surface area (Å²) in [7, 11) is 1.93. The van der Waals surface area contributed by atoms with Crippen LogP contribution in [0.5, 0.6) is 6.01 Å². The first-order valence-electron chi connectivity index (χ1n) is 17.1. The second-order valence-electron chi connectivity index (χ2n) is 13.6. The fraction of sp³-hybridized carbons (Fsp3) is 0.459. The third kappa shape index (κ3) is 5.62. The Balaban J connectivity index is 1.15. The summed E-state index contributed by atoms with van der Waals surface area (Å²) in [6.45, 7) is 4.63. The molecule has 11 heteroatoms. The van der Waals surface area contributed by atoms with Crippen LogP contribution in [-0.2, 0) is 4.79 Å². The van der Waals surface area contributed by atoms with Crippen molar-refractivity contribution in [2.45, 2.75) is 62.6 Å². The number of ether oxygens (including phenoxy) is 1. The van der Waals surface area contributed by atoms with Crippen molar-refractivity contribution in [1.82, 2.24) is 30.1 Å². The molecule has 248 valence electrons. The van der Waals surface area contributed by atoms with Crippen molar-refractivity contribution in [2.75, 3.05) is 51.3 Å². The first-order chi connectivity index (χ1) is 23.4. The molecule has 4 saturated heterocycles. The van der Waals surface area contributed by atoms with Gasteiger partial charge in [-0.05, 0) is 82.0 Å². The molecule has 4 fully saturated rings. The lowest BCUT2D eigenvalue weighted by Gasteiger charge is -2.31. The van der Waals surface area contributed by atoms with Gasteiger partial charge in [0.05, 0.1) is 17.0 Å². The number of carbonyl (C=O) groups is 1. The number of hydrogen-bond donors (Lipinski definition) is 1. The number of likely N-dealkylation sites (N-methyl/N-ethyl adjacent to an activating group) is 1. The summed E-state index contributed by atoms with van der Waals surface area (Å²) in [5.41, 5.74) is 0.888. The molecule has 8 rings (SSSR count). The second kappa shape index (κ2) is 12.8. The van der Waals surface area contributed by atoms with E-state index >= 15 is 4.39 Å². The molecule has 2 unspecified atom stereocenters. The van der Waals surface area contributed by atoms with Crippen molar-refractivity contribution in [3.63, 3.8) is 0 Å². The topological polar surface area (TPSA) is 86.7 Å². The van der Waals surface area contributed by atoms with Gasteiger partial charge < -0.3 is 19.9 Å². The smallest absolute Gasteiger partial charge is 0.319 e. The summed E-state index contributed by atoms with van der Waals surface area (Å²) >= 11 is 6.64. The molecular formula is C37H39ClFN7O2. The summed E-state index contributed by atoms with van der Waals surface area (Å²) in [6, 6.07) is 11.5. The number of benzene rings is 2. The van der Waals surface area contributed by atoms with E-state index in [1.54, 1.807) is 17.2 Å². The van der Waals surface area contributed by atoms with Crippen LogP contribution >= 0.6 is 11.6 Å². The highest BCUT2D eigenvalue weighted by molar-refractivity contribution is 6.36. The highest BCUT2D eigenvalue weighted by Crippen LogP contribution is 2.40. The van der Waals surface area contributed by atoms with Gasteiger partial charge in [0.2, 0.25) is 0 Å². The van der Waals surface area contributed by atoms with Crippen LogP contribution in [0.25, 0.3) is 32.9 Å². The van der Waals surface area contributed by atoms with Gasteiger partial charge in [-0.1, -0.05) is 47.9 Å². The maximum Gasteiger partial charge on any atom is 0.319 e. The summed E-state index contributed by atoms with van der Waals surface area (Å²) < 4.78 is 23.2. The SMILES string of the molecule is CN(c1nc(OCC23CCCN2CCC3)nc2c(F)c(-c3cccc4cccc(Cl)c34)ncc12)C1CCN(C(=O)C#CC2CCCN2)C1.